The molecule has 0 atom stereocenters. The number of aromatic nitrogens is 2. The van der Waals surface area contributed by atoms with Gasteiger partial charge in [0.1, 0.15) is 5.75 Å². The largest absolute Gasteiger partial charge is 0.497 e. The quantitative estimate of drug-likeness (QED) is 0.497. The summed E-state index contributed by atoms with van der Waals surface area (Å²) in [7, 11) is 1.60. The van der Waals surface area contributed by atoms with Crippen molar-refractivity contribution in [1.29, 1.82) is 0 Å². The van der Waals surface area contributed by atoms with Gasteiger partial charge in [-0.05, 0) is 28.8 Å². The SMILES string of the molecule is COc1ccc(-c2cn(Cc3ccccc3)c(=O)n(Cc3ccccc3)c2=O)cc1. The topological polar surface area (TPSA) is 53.2 Å². The molecule has 0 aliphatic carbocycles. The van der Waals surface area contributed by atoms with Crippen molar-refractivity contribution in [2.75, 3.05) is 7.11 Å². The zero-order valence-electron chi connectivity index (χ0n) is 16.7. The molecule has 30 heavy (non-hydrogen) atoms. The number of nitrogens with zero attached hydrogens (tertiary/aromatic N) is 2. The van der Waals surface area contributed by atoms with Crippen LogP contribution in [0.1, 0.15) is 11.1 Å². The minimum atomic E-state index is -0.329. The van der Waals surface area contributed by atoms with Crippen LogP contribution in [0.3, 0.4) is 0 Å². The van der Waals surface area contributed by atoms with E-state index in [1.54, 1.807) is 17.9 Å². The summed E-state index contributed by atoms with van der Waals surface area (Å²) >= 11 is 0. The fraction of sp³-hybridized carbons (Fsp3) is 0.120. The van der Waals surface area contributed by atoms with Crippen LogP contribution in [0.25, 0.3) is 11.1 Å². The molecule has 0 aliphatic heterocycles. The lowest BCUT2D eigenvalue weighted by molar-refractivity contribution is 0.415. The van der Waals surface area contributed by atoms with Crippen LogP contribution in [0.2, 0.25) is 0 Å². The van der Waals surface area contributed by atoms with E-state index in [9.17, 15) is 9.59 Å². The van der Waals surface area contributed by atoms with Gasteiger partial charge in [0.2, 0.25) is 0 Å². The zero-order chi connectivity index (χ0) is 20.9. The van der Waals surface area contributed by atoms with Gasteiger partial charge in [0.05, 0.1) is 25.8 Å². The van der Waals surface area contributed by atoms with E-state index in [-0.39, 0.29) is 17.8 Å². The molecule has 0 radical (unpaired) electrons. The maximum absolute atomic E-state index is 13.3. The predicted molar refractivity (Wildman–Crippen MR) is 118 cm³/mol. The maximum atomic E-state index is 13.3. The maximum Gasteiger partial charge on any atom is 0.331 e. The lowest BCUT2D eigenvalue weighted by atomic mass is 10.1. The highest BCUT2D eigenvalue weighted by molar-refractivity contribution is 5.62. The first kappa shape index (κ1) is 19.5. The van der Waals surface area contributed by atoms with Gasteiger partial charge in [-0.1, -0.05) is 72.8 Å². The van der Waals surface area contributed by atoms with E-state index in [0.717, 1.165) is 16.7 Å². The summed E-state index contributed by atoms with van der Waals surface area (Å²) in [5, 5.41) is 0. The highest BCUT2D eigenvalue weighted by atomic mass is 16.5. The van der Waals surface area contributed by atoms with Gasteiger partial charge in [-0.15, -0.1) is 0 Å². The van der Waals surface area contributed by atoms with Crippen molar-refractivity contribution in [3.05, 3.63) is 123 Å². The van der Waals surface area contributed by atoms with Crippen LogP contribution in [0.4, 0.5) is 0 Å². The second-order valence-electron chi connectivity index (χ2n) is 7.04. The lowest BCUT2D eigenvalue weighted by Gasteiger charge is -2.14. The summed E-state index contributed by atoms with van der Waals surface area (Å²) in [4.78, 5) is 26.5. The third kappa shape index (κ3) is 4.10. The number of rotatable bonds is 6. The van der Waals surface area contributed by atoms with Gasteiger partial charge in [-0.3, -0.25) is 13.9 Å². The number of ether oxygens (including phenoxy) is 1. The van der Waals surface area contributed by atoms with Crippen LogP contribution in [0, 0.1) is 0 Å². The Hall–Kier alpha value is -3.86. The molecule has 0 unspecified atom stereocenters. The molecule has 1 aromatic heterocycles. The summed E-state index contributed by atoms with van der Waals surface area (Å²) in [6.45, 7) is 0.606. The minimum Gasteiger partial charge on any atom is -0.497 e. The molecule has 150 valence electrons. The Morgan fingerprint density at radius 1 is 0.733 bits per heavy atom. The Morgan fingerprint density at radius 3 is 1.87 bits per heavy atom. The van der Waals surface area contributed by atoms with Crippen LogP contribution in [-0.2, 0) is 13.1 Å². The molecule has 0 aliphatic rings. The minimum absolute atomic E-state index is 0.220. The second kappa shape index (κ2) is 8.66. The molecule has 0 saturated heterocycles. The Morgan fingerprint density at radius 2 is 1.30 bits per heavy atom. The van der Waals surface area contributed by atoms with Crippen LogP contribution >= 0.6 is 0 Å². The molecule has 3 aromatic carbocycles. The van der Waals surface area contributed by atoms with Gasteiger partial charge in [-0.25, -0.2) is 4.79 Å². The summed E-state index contributed by atoms with van der Waals surface area (Å²) in [6, 6.07) is 26.5. The third-order valence-electron chi connectivity index (χ3n) is 5.02. The molecule has 0 spiro atoms. The highest BCUT2D eigenvalue weighted by Gasteiger charge is 2.14. The van der Waals surface area contributed by atoms with Gasteiger partial charge in [0.15, 0.2) is 0 Å². The number of benzene rings is 3. The van der Waals surface area contributed by atoms with Crippen LogP contribution in [0.5, 0.6) is 5.75 Å². The van der Waals surface area contributed by atoms with Gasteiger partial charge in [-0.2, -0.15) is 0 Å². The first-order valence-corrected chi connectivity index (χ1v) is 9.72. The molecule has 0 fully saturated rings. The Bertz CT molecular complexity index is 1240. The van der Waals surface area contributed by atoms with Crippen molar-refractivity contribution in [2.24, 2.45) is 0 Å². The Labute approximate surface area is 174 Å². The van der Waals surface area contributed by atoms with E-state index < -0.39 is 0 Å². The molecule has 0 N–H and O–H groups in total. The zero-order valence-corrected chi connectivity index (χ0v) is 16.7. The summed E-state index contributed by atoms with van der Waals surface area (Å²) in [5.41, 5.74) is 2.47. The second-order valence-corrected chi connectivity index (χ2v) is 7.04. The van der Waals surface area contributed by atoms with Gasteiger partial charge in [0.25, 0.3) is 5.56 Å². The van der Waals surface area contributed by atoms with Crippen molar-refractivity contribution in [3.8, 4) is 16.9 Å². The first-order valence-electron chi connectivity index (χ1n) is 9.72. The molecule has 0 saturated carbocycles. The van der Waals surface area contributed by atoms with E-state index in [2.05, 4.69) is 0 Å². The Balaban J connectivity index is 1.86. The van der Waals surface area contributed by atoms with E-state index >= 15 is 0 Å². The average Bonchev–Trinajstić information content (AvgIpc) is 2.80. The normalized spacial score (nSPS) is 10.7. The molecular formula is C25H22N2O3. The number of hydrogen-bond acceptors (Lipinski definition) is 3. The molecule has 5 nitrogen and oxygen atoms in total. The van der Waals surface area contributed by atoms with Gasteiger partial charge >= 0.3 is 5.69 Å². The van der Waals surface area contributed by atoms with Crippen LogP contribution < -0.4 is 16.0 Å². The fourth-order valence-electron chi connectivity index (χ4n) is 3.42. The van der Waals surface area contributed by atoms with E-state index in [0.29, 0.717) is 17.9 Å². The van der Waals surface area contributed by atoms with Crippen LogP contribution in [0.15, 0.2) is 101 Å². The van der Waals surface area contributed by atoms with Gasteiger partial charge < -0.3 is 4.74 Å². The average molecular weight is 398 g/mol. The molecular weight excluding hydrogens is 376 g/mol. The number of methoxy groups -OCH3 is 1. The monoisotopic (exact) mass is 398 g/mol. The Kier molecular flexibility index (Phi) is 5.61. The van der Waals surface area contributed by atoms with Crippen molar-refractivity contribution in [1.82, 2.24) is 9.13 Å². The first-order chi connectivity index (χ1) is 14.7. The third-order valence-corrected chi connectivity index (χ3v) is 5.02. The number of hydrogen-bond donors (Lipinski definition) is 0. The van der Waals surface area contributed by atoms with Crippen molar-refractivity contribution in [3.63, 3.8) is 0 Å². The smallest absolute Gasteiger partial charge is 0.331 e. The fourth-order valence-corrected chi connectivity index (χ4v) is 3.42. The molecule has 0 bridgehead atoms. The molecule has 5 heteroatoms. The predicted octanol–water partition coefficient (Wildman–Crippen LogP) is 3.78. The van der Waals surface area contributed by atoms with Crippen molar-refractivity contribution in [2.45, 2.75) is 13.1 Å². The van der Waals surface area contributed by atoms with E-state index in [1.807, 2.05) is 84.9 Å². The van der Waals surface area contributed by atoms with Gasteiger partial charge in [0, 0.05) is 6.20 Å². The summed E-state index contributed by atoms with van der Waals surface area (Å²) in [6.07, 6.45) is 1.65. The standard InChI is InChI=1S/C25H22N2O3/c1-30-22-14-12-21(13-15-22)23-18-26(16-19-8-4-2-5-9-19)25(29)27(24(23)28)17-20-10-6-3-7-11-20/h2-15,18H,16-17H2,1H3. The molecule has 0 amide bonds. The van der Waals surface area contributed by atoms with Crippen LogP contribution in [-0.4, -0.2) is 16.2 Å². The molecule has 4 rings (SSSR count). The van der Waals surface area contributed by atoms with Crippen molar-refractivity contribution < 1.29 is 4.74 Å². The van der Waals surface area contributed by atoms with E-state index in [4.69, 9.17) is 4.74 Å². The molecule has 4 aromatic rings. The summed E-state index contributed by atoms with van der Waals surface area (Å²) < 4.78 is 8.12. The van der Waals surface area contributed by atoms with Crippen molar-refractivity contribution >= 4 is 0 Å². The highest BCUT2D eigenvalue weighted by Crippen LogP contribution is 2.19. The molecule has 1 heterocycles. The van der Waals surface area contributed by atoms with E-state index in [1.165, 1.54) is 4.57 Å². The summed E-state index contributed by atoms with van der Waals surface area (Å²) in [5.74, 6) is 0.709. The lowest BCUT2D eigenvalue weighted by Crippen LogP contribution is -2.40.